The van der Waals surface area contributed by atoms with Crippen LogP contribution < -0.4 is 5.32 Å². The Morgan fingerprint density at radius 1 is 1.62 bits per heavy atom. The van der Waals surface area contributed by atoms with Crippen molar-refractivity contribution in [2.75, 3.05) is 6.61 Å². The second-order valence-electron chi connectivity index (χ2n) is 3.15. The molecule has 0 rings (SSSR count). The molecule has 0 radical (unpaired) electrons. The number of rotatable bonds is 6. The molecule has 0 aromatic rings. The lowest BCUT2D eigenvalue weighted by atomic mass is 10.2. The molecule has 2 atom stereocenters. The zero-order valence-corrected chi connectivity index (χ0v) is 9.80. The van der Waals surface area contributed by atoms with E-state index in [1.54, 1.807) is 0 Å². The highest BCUT2D eigenvalue weighted by Crippen LogP contribution is 2.05. The Labute approximate surface area is 88.0 Å². The van der Waals surface area contributed by atoms with Crippen molar-refractivity contribution >= 4 is 21.8 Å². The van der Waals surface area contributed by atoms with E-state index in [1.165, 1.54) is 0 Å². The first-order valence-corrected chi connectivity index (χ1v) is 5.58. The van der Waals surface area contributed by atoms with Gasteiger partial charge in [0.1, 0.15) is 0 Å². The Morgan fingerprint density at radius 3 is 2.69 bits per heavy atom. The number of carbonyl (C=O) groups is 1. The maximum Gasteiger partial charge on any atom is 0.233 e. The van der Waals surface area contributed by atoms with Gasteiger partial charge in [-0.3, -0.25) is 4.79 Å². The maximum absolute atomic E-state index is 11.3. The van der Waals surface area contributed by atoms with E-state index in [9.17, 15) is 4.79 Å². The summed E-state index contributed by atoms with van der Waals surface area (Å²) in [5, 5.41) is 11.5. The van der Waals surface area contributed by atoms with E-state index in [2.05, 4.69) is 21.2 Å². The molecule has 0 aliphatic carbocycles. The lowest BCUT2D eigenvalue weighted by Gasteiger charge is -2.15. The van der Waals surface area contributed by atoms with Crippen molar-refractivity contribution in [2.24, 2.45) is 0 Å². The van der Waals surface area contributed by atoms with Crippen molar-refractivity contribution in [3.8, 4) is 0 Å². The van der Waals surface area contributed by atoms with E-state index >= 15 is 0 Å². The summed E-state index contributed by atoms with van der Waals surface area (Å²) in [7, 11) is 0. The van der Waals surface area contributed by atoms with Gasteiger partial charge in [0.2, 0.25) is 5.91 Å². The van der Waals surface area contributed by atoms with Crippen LogP contribution in [0, 0.1) is 0 Å². The molecular weight excluding hydrogens is 234 g/mol. The molecule has 0 saturated heterocycles. The van der Waals surface area contributed by atoms with Crippen molar-refractivity contribution in [3.63, 3.8) is 0 Å². The summed E-state index contributed by atoms with van der Waals surface area (Å²) in [5.74, 6) is 0.0351. The van der Waals surface area contributed by atoms with Crippen molar-refractivity contribution in [1.82, 2.24) is 5.32 Å². The molecule has 4 heteroatoms. The molecule has 0 aliphatic rings. The van der Waals surface area contributed by atoms with Gasteiger partial charge in [0.25, 0.3) is 0 Å². The fraction of sp³-hybridized carbons (Fsp3) is 0.889. The number of aliphatic hydroxyl groups excluding tert-OH is 1. The van der Waals surface area contributed by atoms with Gasteiger partial charge in [0.05, 0.1) is 4.83 Å². The molecule has 2 N–H and O–H groups in total. The molecule has 0 saturated carbocycles. The number of aliphatic hydroxyl groups is 1. The van der Waals surface area contributed by atoms with Crippen LogP contribution in [-0.2, 0) is 4.79 Å². The molecule has 2 unspecified atom stereocenters. The summed E-state index contributed by atoms with van der Waals surface area (Å²) in [4.78, 5) is 11.2. The van der Waals surface area contributed by atoms with Gasteiger partial charge in [0, 0.05) is 12.6 Å². The Hall–Kier alpha value is -0.0900. The Morgan fingerprint density at radius 2 is 2.23 bits per heavy atom. The van der Waals surface area contributed by atoms with E-state index in [1.807, 2.05) is 13.8 Å². The van der Waals surface area contributed by atoms with Crippen LogP contribution in [0.25, 0.3) is 0 Å². The van der Waals surface area contributed by atoms with Gasteiger partial charge >= 0.3 is 0 Å². The van der Waals surface area contributed by atoms with Crippen LogP contribution in [0.5, 0.6) is 0 Å². The van der Waals surface area contributed by atoms with Crippen molar-refractivity contribution in [1.29, 1.82) is 0 Å². The average molecular weight is 252 g/mol. The third-order valence-corrected chi connectivity index (χ3v) is 2.89. The molecule has 3 nitrogen and oxygen atoms in total. The SMILES string of the molecule is CCC(Br)C(=O)NC(C)CCCO. The van der Waals surface area contributed by atoms with Crippen LogP contribution in [0.3, 0.4) is 0 Å². The van der Waals surface area contributed by atoms with Crippen LogP contribution in [0.2, 0.25) is 0 Å². The third kappa shape index (κ3) is 6.05. The molecular formula is C9H18BrNO2. The van der Waals surface area contributed by atoms with E-state index in [0.29, 0.717) is 0 Å². The van der Waals surface area contributed by atoms with Gasteiger partial charge in [-0.2, -0.15) is 0 Å². The highest BCUT2D eigenvalue weighted by atomic mass is 79.9. The molecule has 0 aliphatic heterocycles. The summed E-state index contributed by atoms with van der Waals surface area (Å²) in [6.07, 6.45) is 2.35. The van der Waals surface area contributed by atoms with Crippen LogP contribution in [0.4, 0.5) is 0 Å². The highest BCUT2D eigenvalue weighted by molar-refractivity contribution is 9.10. The number of hydrogen-bond donors (Lipinski definition) is 2. The third-order valence-electron chi connectivity index (χ3n) is 1.83. The van der Waals surface area contributed by atoms with E-state index < -0.39 is 0 Å². The number of alkyl halides is 1. The van der Waals surface area contributed by atoms with Crippen LogP contribution in [-0.4, -0.2) is 28.5 Å². The fourth-order valence-electron chi connectivity index (χ4n) is 0.988. The zero-order chi connectivity index (χ0) is 10.3. The first-order chi connectivity index (χ1) is 6.11. The van der Waals surface area contributed by atoms with E-state index in [0.717, 1.165) is 19.3 Å². The first kappa shape index (κ1) is 12.9. The molecule has 0 heterocycles. The molecule has 0 fully saturated rings. The van der Waals surface area contributed by atoms with Gasteiger partial charge in [-0.1, -0.05) is 22.9 Å². The van der Waals surface area contributed by atoms with Crippen LogP contribution >= 0.6 is 15.9 Å². The van der Waals surface area contributed by atoms with Crippen LogP contribution in [0.1, 0.15) is 33.1 Å². The summed E-state index contributed by atoms with van der Waals surface area (Å²) in [5.41, 5.74) is 0. The molecule has 13 heavy (non-hydrogen) atoms. The molecule has 0 bridgehead atoms. The van der Waals surface area contributed by atoms with Crippen molar-refractivity contribution in [2.45, 2.75) is 44.0 Å². The van der Waals surface area contributed by atoms with Gasteiger partial charge in [-0.15, -0.1) is 0 Å². The number of carbonyl (C=O) groups excluding carboxylic acids is 1. The fourth-order valence-corrected chi connectivity index (χ4v) is 1.12. The molecule has 0 aromatic carbocycles. The largest absolute Gasteiger partial charge is 0.396 e. The first-order valence-electron chi connectivity index (χ1n) is 4.67. The summed E-state index contributed by atoms with van der Waals surface area (Å²) in [6, 6.07) is 0.145. The number of amides is 1. The maximum atomic E-state index is 11.3. The van der Waals surface area contributed by atoms with Gasteiger partial charge in [-0.25, -0.2) is 0 Å². The quantitative estimate of drug-likeness (QED) is 0.703. The predicted octanol–water partition coefficient (Wildman–Crippen LogP) is 1.44. The molecule has 0 aromatic heterocycles. The van der Waals surface area contributed by atoms with E-state index in [4.69, 9.17) is 5.11 Å². The van der Waals surface area contributed by atoms with Gasteiger partial charge < -0.3 is 10.4 Å². The number of nitrogens with one attached hydrogen (secondary N) is 1. The average Bonchev–Trinajstić information content (AvgIpc) is 2.13. The predicted molar refractivity (Wildman–Crippen MR) is 56.9 cm³/mol. The Kier molecular flexibility index (Phi) is 7.28. The van der Waals surface area contributed by atoms with E-state index in [-0.39, 0.29) is 23.4 Å². The number of hydrogen-bond acceptors (Lipinski definition) is 2. The minimum absolute atomic E-state index is 0.0351. The molecule has 1 amide bonds. The summed E-state index contributed by atoms with van der Waals surface area (Å²) < 4.78 is 0. The zero-order valence-electron chi connectivity index (χ0n) is 8.22. The molecule has 78 valence electrons. The minimum atomic E-state index is -0.0934. The van der Waals surface area contributed by atoms with Crippen LogP contribution in [0.15, 0.2) is 0 Å². The smallest absolute Gasteiger partial charge is 0.233 e. The highest BCUT2D eigenvalue weighted by Gasteiger charge is 2.13. The van der Waals surface area contributed by atoms with Gasteiger partial charge in [-0.05, 0) is 26.2 Å². The Balaban J connectivity index is 3.64. The standard InChI is InChI=1S/C9H18BrNO2/c1-3-8(10)9(13)11-7(2)5-4-6-12/h7-8,12H,3-6H2,1-2H3,(H,11,13). The normalized spacial score (nSPS) is 15.1. The number of halogens is 1. The lowest BCUT2D eigenvalue weighted by molar-refractivity contribution is -0.121. The lowest BCUT2D eigenvalue weighted by Crippen LogP contribution is -2.37. The summed E-state index contributed by atoms with van der Waals surface area (Å²) in [6.45, 7) is 4.09. The topological polar surface area (TPSA) is 49.3 Å². The van der Waals surface area contributed by atoms with Crippen molar-refractivity contribution < 1.29 is 9.90 Å². The Bertz CT molecular complexity index is 153. The van der Waals surface area contributed by atoms with Crippen molar-refractivity contribution in [3.05, 3.63) is 0 Å². The minimum Gasteiger partial charge on any atom is -0.396 e. The second-order valence-corrected chi connectivity index (χ2v) is 4.26. The monoisotopic (exact) mass is 251 g/mol. The molecule has 0 spiro atoms. The summed E-state index contributed by atoms with van der Waals surface area (Å²) >= 11 is 3.28. The second kappa shape index (κ2) is 7.33. The van der Waals surface area contributed by atoms with Gasteiger partial charge in [0.15, 0.2) is 0 Å².